The van der Waals surface area contributed by atoms with Gasteiger partial charge in [0.2, 0.25) is 0 Å². The summed E-state index contributed by atoms with van der Waals surface area (Å²) in [5.74, 6) is 0.636. The van der Waals surface area contributed by atoms with E-state index in [1.165, 1.54) is 6.33 Å². The standard InChI is InChI=1S/C20H22N4O3/c1-24-19(22-13-23-24)7-8-21-20(27)16-4-2-3-15(10-16)18-6-5-14(11-25)9-17(18)12-26/h2-6,9-10,13,25-26H,7-8,11-12H2,1H3,(H,21,27). The maximum atomic E-state index is 12.5. The van der Waals surface area contributed by atoms with E-state index >= 15 is 0 Å². The van der Waals surface area contributed by atoms with Crippen LogP contribution in [0.15, 0.2) is 48.8 Å². The molecular weight excluding hydrogens is 344 g/mol. The van der Waals surface area contributed by atoms with Crippen molar-refractivity contribution in [3.8, 4) is 11.1 Å². The molecule has 3 rings (SSSR count). The fourth-order valence-corrected chi connectivity index (χ4v) is 2.92. The molecule has 0 unspecified atom stereocenters. The molecule has 3 aromatic rings. The van der Waals surface area contributed by atoms with Gasteiger partial charge in [0.15, 0.2) is 0 Å². The lowest BCUT2D eigenvalue weighted by Gasteiger charge is -2.11. The third kappa shape index (κ3) is 4.39. The van der Waals surface area contributed by atoms with E-state index in [9.17, 15) is 15.0 Å². The Labute approximate surface area is 157 Å². The van der Waals surface area contributed by atoms with Crippen molar-refractivity contribution in [3.05, 3.63) is 71.3 Å². The summed E-state index contributed by atoms with van der Waals surface area (Å²) >= 11 is 0. The third-order valence-electron chi connectivity index (χ3n) is 4.40. The third-order valence-corrected chi connectivity index (χ3v) is 4.40. The van der Waals surface area contributed by atoms with Crippen LogP contribution in [0.1, 0.15) is 27.3 Å². The van der Waals surface area contributed by atoms with E-state index in [0.29, 0.717) is 24.1 Å². The van der Waals surface area contributed by atoms with Crippen molar-refractivity contribution in [2.75, 3.05) is 6.54 Å². The highest BCUT2D eigenvalue weighted by atomic mass is 16.3. The van der Waals surface area contributed by atoms with Gasteiger partial charge in [0.05, 0.1) is 13.2 Å². The summed E-state index contributed by atoms with van der Waals surface area (Å²) in [6, 6.07) is 12.7. The molecule has 0 aliphatic rings. The Morgan fingerprint density at radius 1 is 1.15 bits per heavy atom. The van der Waals surface area contributed by atoms with Crippen LogP contribution < -0.4 is 5.32 Å². The summed E-state index contributed by atoms with van der Waals surface area (Å²) in [6.45, 7) is 0.237. The van der Waals surface area contributed by atoms with Gasteiger partial charge in [-0.25, -0.2) is 4.98 Å². The Morgan fingerprint density at radius 3 is 2.70 bits per heavy atom. The van der Waals surface area contributed by atoms with Crippen LogP contribution in [-0.4, -0.2) is 37.4 Å². The van der Waals surface area contributed by atoms with E-state index in [1.807, 2.05) is 31.3 Å². The lowest BCUT2D eigenvalue weighted by Crippen LogP contribution is -2.26. The molecule has 0 saturated carbocycles. The van der Waals surface area contributed by atoms with Crippen molar-refractivity contribution in [3.63, 3.8) is 0 Å². The highest BCUT2D eigenvalue weighted by Crippen LogP contribution is 2.26. The minimum absolute atomic E-state index is 0.0821. The number of amides is 1. The number of aliphatic hydroxyl groups excluding tert-OH is 2. The first kappa shape index (κ1) is 18.8. The maximum Gasteiger partial charge on any atom is 0.251 e. The number of hydrogen-bond donors (Lipinski definition) is 3. The van der Waals surface area contributed by atoms with Crippen LogP contribution in [0.2, 0.25) is 0 Å². The van der Waals surface area contributed by atoms with Crippen molar-refractivity contribution < 1.29 is 15.0 Å². The van der Waals surface area contributed by atoms with Gasteiger partial charge in [0.1, 0.15) is 12.2 Å². The van der Waals surface area contributed by atoms with Crippen molar-refractivity contribution in [2.24, 2.45) is 7.05 Å². The van der Waals surface area contributed by atoms with Crippen molar-refractivity contribution in [1.82, 2.24) is 20.1 Å². The van der Waals surface area contributed by atoms with E-state index in [1.54, 1.807) is 22.9 Å². The van der Waals surface area contributed by atoms with Crippen LogP contribution in [0.5, 0.6) is 0 Å². The molecule has 140 valence electrons. The number of hydrogen-bond acceptors (Lipinski definition) is 5. The molecule has 0 spiro atoms. The summed E-state index contributed by atoms with van der Waals surface area (Å²) in [4.78, 5) is 16.6. The predicted molar refractivity (Wildman–Crippen MR) is 101 cm³/mol. The first-order chi connectivity index (χ1) is 13.1. The summed E-state index contributed by atoms with van der Waals surface area (Å²) in [5, 5.41) is 25.8. The molecule has 27 heavy (non-hydrogen) atoms. The van der Waals surface area contributed by atoms with Crippen molar-refractivity contribution in [2.45, 2.75) is 19.6 Å². The Bertz CT molecular complexity index is 936. The van der Waals surface area contributed by atoms with Gasteiger partial charge < -0.3 is 15.5 Å². The minimum atomic E-state index is -0.170. The maximum absolute atomic E-state index is 12.5. The van der Waals surface area contributed by atoms with Gasteiger partial charge in [-0.15, -0.1) is 0 Å². The molecule has 3 N–H and O–H groups in total. The number of carbonyl (C=O) groups is 1. The van der Waals surface area contributed by atoms with Gasteiger partial charge in [0.25, 0.3) is 5.91 Å². The summed E-state index contributed by atoms with van der Waals surface area (Å²) in [5.41, 5.74) is 3.66. The number of nitrogens with one attached hydrogen (secondary N) is 1. The zero-order valence-electron chi connectivity index (χ0n) is 15.1. The number of aliphatic hydroxyl groups is 2. The normalized spacial score (nSPS) is 10.8. The van der Waals surface area contributed by atoms with Crippen LogP contribution in [0.3, 0.4) is 0 Å². The van der Waals surface area contributed by atoms with E-state index in [4.69, 9.17) is 0 Å². The number of benzene rings is 2. The molecule has 0 radical (unpaired) electrons. The smallest absolute Gasteiger partial charge is 0.251 e. The fraction of sp³-hybridized carbons (Fsp3) is 0.250. The summed E-state index contributed by atoms with van der Waals surface area (Å²) < 4.78 is 1.68. The van der Waals surface area contributed by atoms with Gasteiger partial charge in [-0.2, -0.15) is 5.10 Å². The number of rotatable bonds is 7. The van der Waals surface area contributed by atoms with Crippen LogP contribution >= 0.6 is 0 Å². The minimum Gasteiger partial charge on any atom is -0.392 e. The monoisotopic (exact) mass is 366 g/mol. The van der Waals surface area contributed by atoms with Gasteiger partial charge >= 0.3 is 0 Å². The molecule has 0 aliphatic carbocycles. The molecule has 0 bridgehead atoms. The molecule has 0 aliphatic heterocycles. The zero-order valence-corrected chi connectivity index (χ0v) is 15.1. The Balaban J connectivity index is 1.73. The van der Waals surface area contributed by atoms with E-state index in [-0.39, 0.29) is 19.1 Å². The number of nitrogens with zero attached hydrogens (tertiary/aromatic N) is 3. The molecule has 7 heteroatoms. The van der Waals surface area contributed by atoms with Gasteiger partial charge in [-0.05, 0) is 34.4 Å². The lowest BCUT2D eigenvalue weighted by atomic mass is 9.96. The second-order valence-corrected chi connectivity index (χ2v) is 6.19. The van der Waals surface area contributed by atoms with Gasteiger partial charge in [-0.1, -0.05) is 30.3 Å². The topological polar surface area (TPSA) is 100 Å². The second-order valence-electron chi connectivity index (χ2n) is 6.19. The predicted octanol–water partition coefficient (Wildman–Crippen LogP) is 1.44. The van der Waals surface area contributed by atoms with Gasteiger partial charge in [0, 0.05) is 25.6 Å². The van der Waals surface area contributed by atoms with Crippen LogP contribution in [0.25, 0.3) is 11.1 Å². The van der Waals surface area contributed by atoms with Crippen LogP contribution in [0, 0.1) is 0 Å². The zero-order chi connectivity index (χ0) is 19.2. The van der Waals surface area contributed by atoms with Crippen LogP contribution in [0.4, 0.5) is 0 Å². The number of carbonyl (C=O) groups excluding carboxylic acids is 1. The molecule has 0 saturated heterocycles. The molecule has 7 nitrogen and oxygen atoms in total. The molecule has 1 amide bonds. The highest BCUT2D eigenvalue weighted by molar-refractivity contribution is 5.95. The number of aromatic nitrogens is 3. The molecular formula is C20H22N4O3. The quantitative estimate of drug-likeness (QED) is 0.587. The average Bonchev–Trinajstić information content (AvgIpc) is 3.12. The highest BCUT2D eigenvalue weighted by Gasteiger charge is 2.10. The summed E-state index contributed by atoms with van der Waals surface area (Å²) in [6.07, 6.45) is 2.08. The SMILES string of the molecule is Cn1ncnc1CCNC(=O)c1cccc(-c2ccc(CO)cc2CO)c1. The largest absolute Gasteiger partial charge is 0.392 e. The second kappa shape index (κ2) is 8.57. The molecule has 2 aromatic carbocycles. The number of aryl methyl sites for hydroxylation is 1. The first-order valence-electron chi connectivity index (χ1n) is 8.67. The Hall–Kier alpha value is -3.03. The van der Waals surface area contributed by atoms with E-state index in [2.05, 4.69) is 15.4 Å². The summed E-state index contributed by atoms with van der Waals surface area (Å²) in [7, 11) is 1.81. The Morgan fingerprint density at radius 2 is 2.00 bits per heavy atom. The molecule has 0 atom stereocenters. The van der Waals surface area contributed by atoms with E-state index in [0.717, 1.165) is 22.5 Å². The molecule has 1 heterocycles. The van der Waals surface area contributed by atoms with Gasteiger partial charge in [-0.3, -0.25) is 9.48 Å². The van der Waals surface area contributed by atoms with Crippen LogP contribution in [-0.2, 0) is 26.7 Å². The molecule has 0 fully saturated rings. The fourth-order valence-electron chi connectivity index (χ4n) is 2.92. The van der Waals surface area contributed by atoms with Crippen molar-refractivity contribution in [1.29, 1.82) is 0 Å². The first-order valence-corrected chi connectivity index (χ1v) is 8.67. The Kier molecular flexibility index (Phi) is 5.95. The van der Waals surface area contributed by atoms with E-state index < -0.39 is 0 Å². The van der Waals surface area contributed by atoms with Crippen molar-refractivity contribution >= 4 is 5.91 Å². The average molecular weight is 366 g/mol. The molecule has 1 aromatic heterocycles. The lowest BCUT2D eigenvalue weighted by molar-refractivity contribution is 0.0954.